The zero-order chi connectivity index (χ0) is 12.7. The highest BCUT2D eigenvalue weighted by atomic mass is 16.5. The van der Waals surface area contributed by atoms with E-state index in [1.165, 1.54) is 12.8 Å². The lowest BCUT2D eigenvalue weighted by molar-refractivity contribution is -0.145. The minimum absolute atomic E-state index is 0.111. The molecule has 1 aliphatic carbocycles. The summed E-state index contributed by atoms with van der Waals surface area (Å²) >= 11 is 0. The average Bonchev–Trinajstić information content (AvgIpc) is 2.30. The zero-order valence-corrected chi connectivity index (χ0v) is 11.2. The van der Waals surface area contributed by atoms with Gasteiger partial charge in [0, 0.05) is 13.7 Å². The van der Waals surface area contributed by atoms with E-state index in [1.807, 2.05) is 0 Å². The zero-order valence-electron chi connectivity index (χ0n) is 11.2. The summed E-state index contributed by atoms with van der Waals surface area (Å²) in [6, 6.07) is 0. The lowest BCUT2D eigenvalue weighted by atomic mass is 9.71. The maximum absolute atomic E-state index is 11.2. The predicted octanol–water partition coefficient (Wildman–Crippen LogP) is 3.33. The minimum atomic E-state index is -0.595. The van der Waals surface area contributed by atoms with E-state index in [0.29, 0.717) is 5.92 Å². The molecule has 3 atom stereocenters. The number of hydrogen-bond donors (Lipinski definition) is 1. The van der Waals surface area contributed by atoms with Gasteiger partial charge in [-0.1, -0.05) is 19.8 Å². The smallest absolute Gasteiger partial charge is 0.306 e. The number of ether oxygens (including phenoxy) is 1. The third kappa shape index (κ3) is 4.66. The minimum Gasteiger partial charge on any atom is -0.481 e. The molecule has 1 fully saturated rings. The van der Waals surface area contributed by atoms with Crippen molar-refractivity contribution < 1.29 is 14.6 Å². The molecule has 100 valence electrons. The summed E-state index contributed by atoms with van der Waals surface area (Å²) in [4.78, 5) is 11.2. The Kier molecular flexibility index (Phi) is 6.56. The molecule has 17 heavy (non-hydrogen) atoms. The van der Waals surface area contributed by atoms with Gasteiger partial charge in [-0.2, -0.15) is 0 Å². The van der Waals surface area contributed by atoms with Crippen LogP contribution in [-0.4, -0.2) is 24.8 Å². The van der Waals surface area contributed by atoms with Crippen LogP contribution in [0.15, 0.2) is 0 Å². The standard InChI is InChI=1S/C14H26O3/c1-3-5-11-7-8-13(14(15)16)12(10-11)6-4-9-17-2/h11-13H,3-10H2,1-2H3,(H,15,16). The van der Waals surface area contributed by atoms with Crippen molar-refractivity contribution in [2.75, 3.05) is 13.7 Å². The summed E-state index contributed by atoms with van der Waals surface area (Å²) in [5.74, 6) is 0.415. The molecule has 0 spiro atoms. The first kappa shape index (κ1) is 14.5. The molecule has 1 aliphatic rings. The van der Waals surface area contributed by atoms with Crippen LogP contribution in [0.3, 0.4) is 0 Å². The number of carboxylic acid groups (broad SMARTS) is 1. The van der Waals surface area contributed by atoms with Crippen molar-refractivity contribution in [3.05, 3.63) is 0 Å². The summed E-state index contributed by atoms with van der Waals surface area (Å²) in [6.45, 7) is 2.96. The Labute approximate surface area is 105 Å². The Hall–Kier alpha value is -0.570. The van der Waals surface area contributed by atoms with Crippen molar-refractivity contribution in [1.82, 2.24) is 0 Å². The summed E-state index contributed by atoms with van der Waals surface area (Å²) in [6.07, 6.45) is 7.55. The van der Waals surface area contributed by atoms with Crippen LogP contribution in [-0.2, 0) is 9.53 Å². The van der Waals surface area contributed by atoms with E-state index in [0.717, 1.165) is 44.6 Å². The Morgan fingerprint density at radius 3 is 2.71 bits per heavy atom. The summed E-state index contributed by atoms with van der Waals surface area (Å²) in [5.41, 5.74) is 0. The molecule has 3 heteroatoms. The van der Waals surface area contributed by atoms with Crippen LogP contribution in [0.4, 0.5) is 0 Å². The number of carbonyl (C=O) groups is 1. The van der Waals surface area contributed by atoms with Crippen molar-refractivity contribution in [1.29, 1.82) is 0 Å². The van der Waals surface area contributed by atoms with Gasteiger partial charge in [0.25, 0.3) is 0 Å². The molecule has 3 unspecified atom stereocenters. The normalized spacial score (nSPS) is 29.2. The van der Waals surface area contributed by atoms with E-state index < -0.39 is 5.97 Å². The fourth-order valence-electron chi connectivity index (χ4n) is 3.17. The molecule has 0 amide bonds. The maximum atomic E-state index is 11.2. The molecular formula is C14H26O3. The van der Waals surface area contributed by atoms with Crippen LogP contribution in [0.1, 0.15) is 51.9 Å². The van der Waals surface area contributed by atoms with Crippen molar-refractivity contribution in [3.63, 3.8) is 0 Å². The van der Waals surface area contributed by atoms with Crippen LogP contribution in [0.25, 0.3) is 0 Å². The second-order valence-electron chi connectivity index (χ2n) is 5.31. The molecule has 1 N–H and O–H groups in total. The van der Waals surface area contributed by atoms with Crippen molar-refractivity contribution in [2.24, 2.45) is 17.8 Å². The number of rotatable bonds is 7. The fraction of sp³-hybridized carbons (Fsp3) is 0.929. The molecule has 0 radical (unpaired) electrons. The van der Waals surface area contributed by atoms with Crippen LogP contribution in [0.5, 0.6) is 0 Å². The van der Waals surface area contributed by atoms with Gasteiger partial charge in [0.15, 0.2) is 0 Å². The first-order chi connectivity index (χ1) is 8.19. The van der Waals surface area contributed by atoms with Gasteiger partial charge in [0.05, 0.1) is 5.92 Å². The SMILES string of the molecule is CCCC1CCC(C(=O)O)C(CCCOC)C1. The van der Waals surface area contributed by atoms with Crippen molar-refractivity contribution >= 4 is 5.97 Å². The lowest BCUT2D eigenvalue weighted by Crippen LogP contribution is -2.31. The van der Waals surface area contributed by atoms with Gasteiger partial charge < -0.3 is 9.84 Å². The maximum Gasteiger partial charge on any atom is 0.306 e. The lowest BCUT2D eigenvalue weighted by Gasteiger charge is -2.34. The Bertz CT molecular complexity index is 228. The van der Waals surface area contributed by atoms with Gasteiger partial charge in [-0.25, -0.2) is 0 Å². The van der Waals surface area contributed by atoms with E-state index in [9.17, 15) is 9.90 Å². The first-order valence-electron chi connectivity index (χ1n) is 6.90. The molecular weight excluding hydrogens is 216 g/mol. The summed E-state index contributed by atoms with van der Waals surface area (Å²) in [5, 5.41) is 9.25. The van der Waals surface area contributed by atoms with Gasteiger partial charge in [-0.3, -0.25) is 4.79 Å². The Balaban J connectivity index is 2.47. The average molecular weight is 242 g/mol. The van der Waals surface area contributed by atoms with E-state index in [1.54, 1.807) is 7.11 Å². The molecule has 3 nitrogen and oxygen atoms in total. The van der Waals surface area contributed by atoms with Gasteiger partial charge >= 0.3 is 5.97 Å². The Morgan fingerprint density at radius 1 is 1.35 bits per heavy atom. The van der Waals surface area contributed by atoms with Gasteiger partial charge in [0.2, 0.25) is 0 Å². The molecule has 0 aromatic heterocycles. The monoisotopic (exact) mass is 242 g/mol. The third-order valence-corrected chi connectivity index (χ3v) is 4.03. The topological polar surface area (TPSA) is 46.5 Å². The van der Waals surface area contributed by atoms with Gasteiger partial charge in [0.1, 0.15) is 0 Å². The molecule has 1 rings (SSSR count). The van der Waals surface area contributed by atoms with E-state index >= 15 is 0 Å². The summed E-state index contributed by atoms with van der Waals surface area (Å²) in [7, 11) is 1.70. The fourth-order valence-corrected chi connectivity index (χ4v) is 3.17. The van der Waals surface area contributed by atoms with Crippen LogP contribution in [0, 0.1) is 17.8 Å². The second-order valence-corrected chi connectivity index (χ2v) is 5.31. The first-order valence-corrected chi connectivity index (χ1v) is 6.90. The van der Waals surface area contributed by atoms with Crippen molar-refractivity contribution in [3.8, 4) is 0 Å². The molecule has 0 aromatic rings. The predicted molar refractivity (Wildman–Crippen MR) is 68.0 cm³/mol. The highest BCUT2D eigenvalue weighted by molar-refractivity contribution is 5.70. The highest BCUT2D eigenvalue weighted by Crippen LogP contribution is 2.38. The number of hydrogen-bond acceptors (Lipinski definition) is 2. The Morgan fingerprint density at radius 2 is 2.12 bits per heavy atom. The van der Waals surface area contributed by atoms with E-state index in [-0.39, 0.29) is 5.92 Å². The van der Waals surface area contributed by atoms with E-state index in [4.69, 9.17) is 4.74 Å². The molecule has 1 saturated carbocycles. The number of carboxylic acids is 1. The molecule has 0 bridgehead atoms. The molecule has 0 saturated heterocycles. The van der Waals surface area contributed by atoms with Crippen LogP contribution in [0.2, 0.25) is 0 Å². The quantitative estimate of drug-likeness (QED) is 0.696. The second kappa shape index (κ2) is 7.70. The van der Waals surface area contributed by atoms with Crippen molar-refractivity contribution in [2.45, 2.75) is 51.9 Å². The number of aliphatic carboxylic acids is 1. The number of methoxy groups -OCH3 is 1. The molecule has 0 aromatic carbocycles. The highest BCUT2D eigenvalue weighted by Gasteiger charge is 2.34. The van der Waals surface area contributed by atoms with Gasteiger partial charge in [-0.15, -0.1) is 0 Å². The van der Waals surface area contributed by atoms with Crippen LogP contribution < -0.4 is 0 Å². The van der Waals surface area contributed by atoms with E-state index in [2.05, 4.69) is 6.92 Å². The summed E-state index contributed by atoms with van der Waals surface area (Å²) < 4.78 is 5.06. The molecule has 0 heterocycles. The van der Waals surface area contributed by atoms with Crippen LogP contribution >= 0.6 is 0 Å². The molecule has 0 aliphatic heterocycles. The third-order valence-electron chi connectivity index (χ3n) is 4.03. The van der Waals surface area contributed by atoms with Gasteiger partial charge in [-0.05, 0) is 43.9 Å². The largest absolute Gasteiger partial charge is 0.481 e.